The van der Waals surface area contributed by atoms with Gasteiger partial charge in [0.1, 0.15) is 5.65 Å². The number of nitrogens with two attached hydrogens (primary N) is 1. The monoisotopic (exact) mass is 246 g/mol. The van der Waals surface area contributed by atoms with Crippen molar-refractivity contribution in [1.29, 1.82) is 0 Å². The van der Waals surface area contributed by atoms with Crippen molar-refractivity contribution >= 4 is 11.5 Å². The molecule has 0 aromatic carbocycles. The minimum Gasteiger partial charge on any atom is -0.395 e. The summed E-state index contributed by atoms with van der Waals surface area (Å²) in [5.74, 6) is 0.931. The number of aliphatic hydroxyl groups is 1. The van der Waals surface area contributed by atoms with E-state index in [9.17, 15) is 5.11 Å². The summed E-state index contributed by atoms with van der Waals surface area (Å²) in [5, 5.41) is 9.21. The van der Waals surface area contributed by atoms with E-state index in [1.54, 1.807) is 0 Å². The molecule has 18 heavy (non-hydrogen) atoms. The van der Waals surface area contributed by atoms with E-state index in [1.807, 2.05) is 28.8 Å². The SMILES string of the molecule is NCc1c(N(CCO)C2CC2)nc2ccccn12. The van der Waals surface area contributed by atoms with Gasteiger partial charge >= 0.3 is 0 Å². The molecule has 0 unspecified atom stereocenters. The third kappa shape index (κ3) is 1.85. The third-order valence-corrected chi connectivity index (χ3v) is 3.40. The molecule has 2 aromatic rings. The Morgan fingerprint density at radius 1 is 1.44 bits per heavy atom. The fraction of sp³-hybridized carbons (Fsp3) is 0.462. The molecule has 1 saturated carbocycles. The van der Waals surface area contributed by atoms with Crippen molar-refractivity contribution in [1.82, 2.24) is 9.38 Å². The molecule has 0 aliphatic heterocycles. The fourth-order valence-corrected chi connectivity index (χ4v) is 2.41. The largest absolute Gasteiger partial charge is 0.395 e. The van der Waals surface area contributed by atoms with Gasteiger partial charge in [-0.2, -0.15) is 0 Å². The van der Waals surface area contributed by atoms with E-state index in [1.165, 1.54) is 12.8 Å². The summed E-state index contributed by atoms with van der Waals surface area (Å²) in [5.41, 5.74) is 7.80. The Kier molecular flexibility index (Phi) is 2.93. The lowest BCUT2D eigenvalue weighted by Gasteiger charge is -2.22. The first-order chi connectivity index (χ1) is 8.85. The first-order valence-electron chi connectivity index (χ1n) is 6.38. The van der Waals surface area contributed by atoms with Crippen LogP contribution in [0, 0.1) is 0 Å². The summed E-state index contributed by atoms with van der Waals surface area (Å²) in [6.45, 7) is 1.23. The molecule has 3 rings (SSSR count). The van der Waals surface area contributed by atoms with Gasteiger partial charge in [0.2, 0.25) is 0 Å². The van der Waals surface area contributed by atoms with Gasteiger partial charge in [0.25, 0.3) is 0 Å². The van der Waals surface area contributed by atoms with E-state index in [-0.39, 0.29) is 6.61 Å². The van der Waals surface area contributed by atoms with E-state index in [0.717, 1.165) is 17.2 Å². The van der Waals surface area contributed by atoms with Crippen LogP contribution in [-0.2, 0) is 6.54 Å². The highest BCUT2D eigenvalue weighted by atomic mass is 16.3. The molecule has 0 spiro atoms. The van der Waals surface area contributed by atoms with Crippen molar-refractivity contribution in [3.63, 3.8) is 0 Å². The van der Waals surface area contributed by atoms with Crippen LogP contribution in [0.15, 0.2) is 24.4 Å². The summed E-state index contributed by atoms with van der Waals surface area (Å²) >= 11 is 0. The molecule has 0 bridgehead atoms. The van der Waals surface area contributed by atoms with Crippen LogP contribution in [0.5, 0.6) is 0 Å². The van der Waals surface area contributed by atoms with Gasteiger partial charge in [0, 0.05) is 25.3 Å². The molecule has 0 radical (unpaired) electrons. The van der Waals surface area contributed by atoms with Crippen molar-refractivity contribution in [3.8, 4) is 0 Å². The van der Waals surface area contributed by atoms with Gasteiger partial charge in [0.05, 0.1) is 12.3 Å². The Balaban J connectivity index is 2.08. The second-order valence-corrected chi connectivity index (χ2v) is 4.66. The zero-order valence-electron chi connectivity index (χ0n) is 10.3. The summed E-state index contributed by atoms with van der Waals surface area (Å²) in [6.07, 6.45) is 4.34. The van der Waals surface area contributed by atoms with Crippen LogP contribution in [0.4, 0.5) is 5.82 Å². The van der Waals surface area contributed by atoms with Crippen LogP contribution in [0.1, 0.15) is 18.5 Å². The van der Waals surface area contributed by atoms with Crippen LogP contribution < -0.4 is 10.6 Å². The van der Waals surface area contributed by atoms with E-state index in [0.29, 0.717) is 19.1 Å². The maximum atomic E-state index is 9.21. The van der Waals surface area contributed by atoms with Crippen LogP contribution in [0.3, 0.4) is 0 Å². The molecule has 1 aliphatic carbocycles. The standard InChI is InChI=1S/C13H18N4O/c14-9-11-13(16(7-8-18)10-4-5-10)15-12-3-1-2-6-17(11)12/h1-3,6,10,18H,4-5,7-9,14H2. The van der Waals surface area contributed by atoms with Gasteiger partial charge in [-0.15, -0.1) is 0 Å². The Morgan fingerprint density at radius 2 is 2.28 bits per heavy atom. The Bertz CT molecular complexity index is 547. The Morgan fingerprint density at radius 3 is 2.94 bits per heavy atom. The van der Waals surface area contributed by atoms with Crippen LogP contribution >= 0.6 is 0 Å². The molecule has 0 saturated heterocycles. The molecule has 5 heteroatoms. The van der Waals surface area contributed by atoms with E-state index >= 15 is 0 Å². The minimum atomic E-state index is 0.147. The Hall–Kier alpha value is -1.59. The zero-order chi connectivity index (χ0) is 12.5. The van der Waals surface area contributed by atoms with E-state index in [2.05, 4.69) is 9.88 Å². The minimum absolute atomic E-state index is 0.147. The molecule has 2 heterocycles. The van der Waals surface area contributed by atoms with Gasteiger partial charge in [-0.1, -0.05) is 6.07 Å². The smallest absolute Gasteiger partial charge is 0.152 e. The fourth-order valence-electron chi connectivity index (χ4n) is 2.41. The maximum Gasteiger partial charge on any atom is 0.152 e. The van der Waals surface area contributed by atoms with Gasteiger partial charge < -0.3 is 20.1 Å². The predicted molar refractivity (Wildman–Crippen MR) is 70.5 cm³/mol. The number of rotatable bonds is 5. The van der Waals surface area contributed by atoms with Crippen molar-refractivity contribution in [2.45, 2.75) is 25.4 Å². The lowest BCUT2D eigenvalue weighted by atomic mass is 10.3. The number of anilines is 1. The molecule has 1 aliphatic rings. The first kappa shape index (κ1) is 11.5. The third-order valence-electron chi connectivity index (χ3n) is 3.40. The number of hydrogen-bond donors (Lipinski definition) is 2. The quantitative estimate of drug-likeness (QED) is 0.817. The summed E-state index contributed by atoms with van der Waals surface area (Å²) < 4.78 is 2.03. The lowest BCUT2D eigenvalue weighted by Crippen LogP contribution is -2.30. The normalized spacial score (nSPS) is 15.2. The van der Waals surface area contributed by atoms with Gasteiger partial charge in [-0.05, 0) is 25.0 Å². The summed E-state index contributed by atoms with van der Waals surface area (Å²) in [4.78, 5) is 6.85. The molecule has 2 aromatic heterocycles. The molecule has 96 valence electrons. The van der Waals surface area contributed by atoms with Crippen LogP contribution in [-0.4, -0.2) is 33.7 Å². The van der Waals surface area contributed by atoms with Crippen LogP contribution in [0.25, 0.3) is 5.65 Å². The zero-order valence-corrected chi connectivity index (χ0v) is 10.3. The average molecular weight is 246 g/mol. The second kappa shape index (κ2) is 4.59. The van der Waals surface area contributed by atoms with Crippen molar-refractivity contribution in [2.75, 3.05) is 18.1 Å². The number of fused-ring (bicyclic) bond motifs is 1. The van der Waals surface area contributed by atoms with Gasteiger partial charge in [-0.3, -0.25) is 0 Å². The molecule has 3 N–H and O–H groups in total. The molecule has 0 atom stereocenters. The molecule has 1 fully saturated rings. The lowest BCUT2D eigenvalue weighted by molar-refractivity contribution is 0.301. The summed E-state index contributed by atoms with van der Waals surface area (Å²) in [6, 6.07) is 6.45. The number of hydrogen-bond acceptors (Lipinski definition) is 4. The highest BCUT2D eigenvalue weighted by Gasteiger charge is 2.31. The second-order valence-electron chi connectivity index (χ2n) is 4.66. The first-order valence-corrected chi connectivity index (χ1v) is 6.38. The Labute approximate surface area is 106 Å². The predicted octanol–water partition coefficient (Wildman–Crippen LogP) is 0.754. The number of aliphatic hydroxyl groups excluding tert-OH is 1. The van der Waals surface area contributed by atoms with Crippen LogP contribution in [0.2, 0.25) is 0 Å². The molecule has 5 nitrogen and oxygen atoms in total. The maximum absolute atomic E-state index is 9.21. The molecular weight excluding hydrogens is 228 g/mol. The number of pyridine rings is 1. The number of imidazole rings is 1. The van der Waals surface area contributed by atoms with Crippen molar-refractivity contribution < 1.29 is 5.11 Å². The molecule has 0 amide bonds. The topological polar surface area (TPSA) is 66.8 Å². The average Bonchev–Trinajstić information content (AvgIpc) is 3.16. The number of aromatic nitrogens is 2. The van der Waals surface area contributed by atoms with Gasteiger partial charge in [-0.25, -0.2) is 4.98 Å². The molecular formula is C13H18N4O. The number of nitrogens with zero attached hydrogens (tertiary/aromatic N) is 3. The highest BCUT2D eigenvalue weighted by molar-refractivity contribution is 5.57. The highest BCUT2D eigenvalue weighted by Crippen LogP contribution is 2.33. The van der Waals surface area contributed by atoms with Crippen molar-refractivity contribution in [2.24, 2.45) is 5.73 Å². The van der Waals surface area contributed by atoms with E-state index < -0.39 is 0 Å². The van der Waals surface area contributed by atoms with Gasteiger partial charge in [0.15, 0.2) is 5.82 Å². The van der Waals surface area contributed by atoms with Crippen molar-refractivity contribution in [3.05, 3.63) is 30.1 Å². The van der Waals surface area contributed by atoms with E-state index in [4.69, 9.17) is 5.73 Å². The summed E-state index contributed by atoms with van der Waals surface area (Å²) in [7, 11) is 0.